The topological polar surface area (TPSA) is 52.6 Å². The van der Waals surface area contributed by atoms with Crippen molar-refractivity contribution in [3.8, 4) is 0 Å². The molecule has 2 rings (SSSR count). The molecule has 1 aliphatic heterocycles. The predicted octanol–water partition coefficient (Wildman–Crippen LogP) is 1.89. The minimum atomic E-state index is -3.67. The van der Waals surface area contributed by atoms with E-state index < -0.39 is 27.8 Å². The van der Waals surface area contributed by atoms with E-state index in [0.29, 0.717) is 19.3 Å². The van der Waals surface area contributed by atoms with Crippen LogP contribution in [0.15, 0.2) is 23.1 Å². The standard InChI is InChI=1S/C12H14F2O4S/c13-10-3-2-9(8-11(10)14)19(15,16)7-4-12-17-5-1-6-18-12/h2-3,8,12H,1,4-7H2. The first-order valence-electron chi connectivity index (χ1n) is 5.90. The Morgan fingerprint density at radius 2 is 1.84 bits per heavy atom. The Balaban J connectivity index is 2.02. The molecule has 4 nitrogen and oxygen atoms in total. The van der Waals surface area contributed by atoms with E-state index in [4.69, 9.17) is 9.47 Å². The van der Waals surface area contributed by atoms with Gasteiger partial charge in [-0.2, -0.15) is 0 Å². The molecule has 0 amide bonds. The molecular weight excluding hydrogens is 278 g/mol. The zero-order valence-electron chi connectivity index (χ0n) is 10.1. The van der Waals surface area contributed by atoms with Crippen LogP contribution in [0, 0.1) is 11.6 Å². The Morgan fingerprint density at radius 3 is 2.47 bits per heavy atom. The lowest BCUT2D eigenvalue weighted by atomic mass is 10.3. The zero-order chi connectivity index (χ0) is 13.9. The minimum Gasteiger partial charge on any atom is -0.353 e. The number of halogens is 2. The van der Waals surface area contributed by atoms with Crippen molar-refractivity contribution in [1.29, 1.82) is 0 Å². The smallest absolute Gasteiger partial charge is 0.178 e. The molecule has 0 saturated carbocycles. The summed E-state index contributed by atoms with van der Waals surface area (Å²) in [5.41, 5.74) is 0. The van der Waals surface area contributed by atoms with Gasteiger partial charge in [0.15, 0.2) is 27.8 Å². The fraction of sp³-hybridized carbons (Fsp3) is 0.500. The van der Waals surface area contributed by atoms with Gasteiger partial charge in [-0.25, -0.2) is 17.2 Å². The third kappa shape index (κ3) is 3.71. The highest BCUT2D eigenvalue weighted by molar-refractivity contribution is 7.91. The van der Waals surface area contributed by atoms with Gasteiger partial charge in [-0.05, 0) is 24.6 Å². The van der Waals surface area contributed by atoms with Crippen LogP contribution in [0.2, 0.25) is 0 Å². The summed E-state index contributed by atoms with van der Waals surface area (Å²) in [6, 6.07) is 2.54. The normalized spacial score (nSPS) is 17.6. The summed E-state index contributed by atoms with van der Waals surface area (Å²) in [7, 11) is -3.67. The summed E-state index contributed by atoms with van der Waals surface area (Å²) in [4.78, 5) is -0.234. The van der Waals surface area contributed by atoms with Crippen molar-refractivity contribution in [1.82, 2.24) is 0 Å². The Morgan fingerprint density at radius 1 is 1.16 bits per heavy atom. The highest BCUT2D eigenvalue weighted by Crippen LogP contribution is 2.18. The van der Waals surface area contributed by atoms with Crippen LogP contribution in [-0.2, 0) is 19.3 Å². The first-order chi connectivity index (χ1) is 8.99. The molecule has 1 fully saturated rings. The number of hydrogen-bond acceptors (Lipinski definition) is 4. The van der Waals surface area contributed by atoms with Gasteiger partial charge >= 0.3 is 0 Å². The first-order valence-corrected chi connectivity index (χ1v) is 7.55. The third-order valence-corrected chi connectivity index (χ3v) is 4.51. The lowest BCUT2D eigenvalue weighted by molar-refractivity contribution is -0.178. The quantitative estimate of drug-likeness (QED) is 0.795. The summed E-state index contributed by atoms with van der Waals surface area (Å²) >= 11 is 0. The van der Waals surface area contributed by atoms with E-state index in [1.54, 1.807) is 0 Å². The zero-order valence-corrected chi connectivity index (χ0v) is 11.0. The van der Waals surface area contributed by atoms with Crippen molar-refractivity contribution in [3.63, 3.8) is 0 Å². The van der Waals surface area contributed by atoms with Gasteiger partial charge in [0, 0.05) is 6.42 Å². The molecule has 19 heavy (non-hydrogen) atoms. The van der Waals surface area contributed by atoms with Gasteiger partial charge in [0.1, 0.15) is 0 Å². The molecular formula is C12H14F2O4S. The fourth-order valence-corrected chi connectivity index (χ4v) is 3.04. The molecule has 7 heteroatoms. The number of benzene rings is 1. The van der Waals surface area contributed by atoms with E-state index in [9.17, 15) is 17.2 Å². The second-order valence-electron chi connectivity index (χ2n) is 4.21. The Bertz CT molecular complexity index is 539. The van der Waals surface area contributed by atoms with Crippen LogP contribution < -0.4 is 0 Å². The Kier molecular flexibility index (Phi) is 4.49. The largest absolute Gasteiger partial charge is 0.353 e. The molecule has 0 atom stereocenters. The number of sulfone groups is 1. The average Bonchev–Trinajstić information content (AvgIpc) is 2.41. The molecule has 1 aromatic carbocycles. The van der Waals surface area contributed by atoms with Crippen LogP contribution >= 0.6 is 0 Å². The molecule has 1 aliphatic rings. The Hall–Kier alpha value is -1.05. The maximum atomic E-state index is 13.0. The van der Waals surface area contributed by atoms with Crippen molar-refractivity contribution in [3.05, 3.63) is 29.8 Å². The van der Waals surface area contributed by atoms with Crippen molar-refractivity contribution < 1.29 is 26.7 Å². The summed E-state index contributed by atoms with van der Waals surface area (Å²) in [6.07, 6.45) is 0.405. The summed E-state index contributed by atoms with van der Waals surface area (Å²) in [5.74, 6) is -2.48. The van der Waals surface area contributed by atoms with Gasteiger partial charge in [-0.3, -0.25) is 0 Å². The molecule has 0 N–H and O–H groups in total. The van der Waals surface area contributed by atoms with Crippen LogP contribution in [0.5, 0.6) is 0 Å². The molecule has 0 bridgehead atoms. The van der Waals surface area contributed by atoms with Gasteiger partial charge in [-0.15, -0.1) is 0 Å². The van der Waals surface area contributed by atoms with Gasteiger partial charge in [-0.1, -0.05) is 0 Å². The average molecular weight is 292 g/mol. The summed E-state index contributed by atoms with van der Waals surface area (Å²) in [6.45, 7) is 1.08. The van der Waals surface area contributed by atoms with Crippen molar-refractivity contribution >= 4 is 9.84 Å². The molecule has 106 valence electrons. The molecule has 1 aromatic rings. The maximum absolute atomic E-state index is 13.0. The van der Waals surface area contributed by atoms with E-state index >= 15 is 0 Å². The van der Waals surface area contributed by atoms with E-state index in [2.05, 4.69) is 0 Å². The van der Waals surface area contributed by atoms with Crippen LogP contribution in [0.3, 0.4) is 0 Å². The van der Waals surface area contributed by atoms with Crippen LogP contribution in [0.4, 0.5) is 8.78 Å². The fourth-order valence-electron chi connectivity index (χ4n) is 1.74. The molecule has 0 spiro atoms. The van der Waals surface area contributed by atoms with Gasteiger partial charge < -0.3 is 9.47 Å². The van der Waals surface area contributed by atoms with Crippen molar-refractivity contribution in [2.24, 2.45) is 0 Å². The second-order valence-corrected chi connectivity index (χ2v) is 6.32. The second kappa shape index (κ2) is 5.94. The van der Waals surface area contributed by atoms with Gasteiger partial charge in [0.2, 0.25) is 0 Å². The highest BCUT2D eigenvalue weighted by Gasteiger charge is 2.21. The van der Waals surface area contributed by atoms with Crippen LogP contribution in [0.1, 0.15) is 12.8 Å². The highest BCUT2D eigenvalue weighted by atomic mass is 32.2. The van der Waals surface area contributed by atoms with Crippen molar-refractivity contribution in [2.45, 2.75) is 24.0 Å². The van der Waals surface area contributed by atoms with Gasteiger partial charge in [0.25, 0.3) is 0 Å². The molecule has 0 unspecified atom stereocenters. The van der Waals surface area contributed by atoms with Gasteiger partial charge in [0.05, 0.1) is 23.9 Å². The maximum Gasteiger partial charge on any atom is 0.178 e. The third-order valence-electron chi connectivity index (χ3n) is 2.77. The number of hydrogen-bond donors (Lipinski definition) is 0. The predicted molar refractivity (Wildman–Crippen MR) is 63.3 cm³/mol. The SMILES string of the molecule is O=S(=O)(CCC1OCCCO1)c1ccc(F)c(F)c1. The van der Waals surface area contributed by atoms with E-state index in [-0.39, 0.29) is 17.1 Å². The van der Waals surface area contributed by atoms with Crippen LogP contribution in [-0.4, -0.2) is 33.7 Å². The molecule has 0 radical (unpaired) electrons. The molecule has 0 aromatic heterocycles. The van der Waals surface area contributed by atoms with Crippen LogP contribution in [0.25, 0.3) is 0 Å². The van der Waals surface area contributed by atoms with Crippen molar-refractivity contribution in [2.75, 3.05) is 19.0 Å². The molecule has 1 saturated heterocycles. The minimum absolute atomic E-state index is 0.168. The molecule has 1 heterocycles. The van der Waals surface area contributed by atoms with E-state index in [0.717, 1.165) is 18.6 Å². The summed E-state index contributed by atoms with van der Waals surface area (Å²) in [5, 5.41) is 0. The first kappa shape index (κ1) is 14.4. The summed E-state index contributed by atoms with van der Waals surface area (Å²) < 4.78 is 60.1. The lowest BCUT2D eigenvalue weighted by Gasteiger charge is -2.22. The van der Waals surface area contributed by atoms with E-state index in [1.165, 1.54) is 0 Å². The lowest BCUT2D eigenvalue weighted by Crippen LogP contribution is -2.27. The molecule has 0 aliphatic carbocycles. The monoisotopic (exact) mass is 292 g/mol. The Labute approximate surface area is 110 Å². The van der Waals surface area contributed by atoms with E-state index in [1.807, 2.05) is 0 Å². The number of ether oxygens (including phenoxy) is 2. The number of rotatable bonds is 4.